The number of sulfone groups is 1. The first-order chi connectivity index (χ1) is 12.6. The van der Waals surface area contributed by atoms with Crippen molar-refractivity contribution >= 4 is 37.1 Å². The molecule has 0 bridgehead atoms. The summed E-state index contributed by atoms with van der Waals surface area (Å²) in [6.07, 6.45) is 1.05. The van der Waals surface area contributed by atoms with Crippen LogP contribution in [0.5, 0.6) is 0 Å². The highest BCUT2D eigenvalue weighted by Crippen LogP contribution is 2.22. The molecule has 0 saturated heterocycles. The third-order valence-corrected chi connectivity index (χ3v) is 6.20. The molecule has 0 aliphatic rings. The van der Waals surface area contributed by atoms with Gasteiger partial charge >= 0.3 is 0 Å². The van der Waals surface area contributed by atoms with Gasteiger partial charge in [0.1, 0.15) is 0 Å². The van der Waals surface area contributed by atoms with Gasteiger partial charge in [-0.1, -0.05) is 23.7 Å². The Morgan fingerprint density at radius 1 is 0.815 bits per heavy atom. The summed E-state index contributed by atoms with van der Waals surface area (Å²) in [5, 5.41) is 7.92. The minimum atomic E-state index is -3.73. The molecule has 1 N–H and O–H groups in total. The summed E-state index contributed by atoms with van der Waals surface area (Å²) in [5.74, 6) is 0. The first kappa shape index (κ1) is 19.3. The molecule has 1 aromatic heterocycles. The molecular weight excluding hydrogens is 410 g/mol. The molecule has 3 rings (SSSR count). The van der Waals surface area contributed by atoms with E-state index in [2.05, 4.69) is 14.9 Å². The van der Waals surface area contributed by atoms with Crippen molar-refractivity contribution in [2.45, 2.75) is 9.92 Å². The quantitative estimate of drug-likeness (QED) is 0.676. The molecule has 0 unspecified atom stereocenters. The first-order valence-corrected chi connectivity index (χ1v) is 11.3. The highest BCUT2D eigenvalue weighted by Gasteiger charge is 2.14. The lowest BCUT2D eigenvalue weighted by Gasteiger charge is -2.09. The number of sulfonamides is 1. The van der Waals surface area contributed by atoms with Crippen LogP contribution in [0.25, 0.3) is 11.3 Å². The standard InChI is InChI=1S/C17H14ClN3O4S2/c1-26(22,23)17-11-10-16(19-20-17)12-2-6-14(7-3-12)21-27(24,25)15-8-4-13(18)5-9-15/h2-11,21H,1H3. The van der Waals surface area contributed by atoms with Crippen LogP contribution >= 0.6 is 11.6 Å². The molecule has 7 nitrogen and oxygen atoms in total. The molecule has 27 heavy (non-hydrogen) atoms. The van der Waals surface area contributed by atoms with E-state index in [4.69, 9.17) is 11.6 Å². The summed E-state index contributed by atoms with van der Waals surface area (Å²) < 4.78 is 50.0. The third kappa shape index (κ3) is 4.62. The maximum Gasteiger partial charge on any atom is 0.261 e. The second-order valence-corrected chi connectivity index (χ2v) is 9.75. The molecule has 0 spiro atoms. The summed E-state index contributed by atoms with van der Waals surface area (Å²) >= 11 is 5.77. The molecule has 10 heteroatoms. The van der Waals surface area contributed by atoms with Crippen molar-refractivity contribution in [2.75, 3.05) is 11.0 Å². The normalized spacial score (nSPS) is 11.9. The molecule has 0 aliphatic heterocycles. The molecule has 0 aliphatic carbocycles. The molecule has 2 aromatic carbocycles. The zero-order chi connectivity index (χ0) is 19.7. The Balaban J connectivity index is 1.80. The number of benzene rings is 2. The monoisotopic (exact) mass is 423 g/mol. The number of halogens is 1. The predicted molar refractivity (Wildman–Crippen MR) is 103 cm³/mol. The fraction of sp³-hybridized carbons (Fsp3) is 0.0588. The molecular formula is C17H14ClN3O4S2. The fourth-order valence-corrected chi connectivity index (χ4v) is 3.90. The molecule has 3 aromatic rings. The zero-order valence-electron chi connectivity index (χ0n) is 14.0. The van der Waals surface area contributed by atoms with Crippen LogP contribution in [0.3, 0.4) is 0 Å². The maximum atomic E-state index is 12.4. The smallest absolute Gasteiger partial charge is 0.261 e. The molecule has 0 atom stereocenters. The minimum Gasteiger partial charge on any atom is -0.280 e. The number of hydrogen-bond acceptors (Lipinski definition) is 6. The molecule has 0 radical (unpaired) electrons. The maximum absolute atomic E-state index is 12.4. The van der Waals surface area contributed by atoms with Crippen molar-refractivity contribution in [3.8, 4) is 11.3 Å². The van der Waals surface area contributed by atoms with Crippen molar-refractivity contribution in [2.24, 2.45) is 0 Å². The van der Waals surface area contributed by atoms with E-state index in [0.29, 0.717) is 22.0 Å². The SMILES string of the molecule is CS(=O)(=O)c1ccc(-c2ccc(NS(=O)(=O)c3ccc(Cl)cc3)cc2)nn1. The fourth-order valence-electron chi connectivity index (χ4n) is 2.21. The van der Waals surface area contributed by atoms with Crippen molar-refractivity contribution in [1.82, 2.24) is 10.2 Å². The second kappa shape index (κ2) is 7.26. The van der Waals surface area contributed by atoms with Gasteiger partial charge in [0, 0.05) is 22.5 Å². The lowest BCUT2D eigenvalue weighted by Crippen LogP contribution is -2.12. The van der Waals surface area contributed by atoms with Crippen LogP contribution in [0, 0.1) is 0 Å². The van der Waals surface area contributed by atoms with Gasteiger partial charge in [-0.3, -0.25) is 4.72 Å². The van der Waals surface area contributed by atoms with Crippen molar-refractivity contribution in [3.05, 3.63) is 65.7 Å². The predicted octanol–water partition coefficient (Wildman–Crippen LogP) is 3.00. The molecule has 0 amide bonds. The molecule has 140 valence electrons. The molecule has 0 saturated carbocycles. The number of nitrogens with zero attached hydrogens (tertiary/aromatic N) is 2. The van der Waals surface area contributed by atoms with Gasteiger partial charge in [-0.15, -0.1) is 10.2 Å². The van der Waals surface area contributed by atoms with Crippen molar-refractivity contribution in [1.29, 1.82) is 0 Å². The summed E-state index contributed by atoms with van der Waals surface area (Å²) in [7, 11) is -7.15. The second-order valence-electron chi connectivity index (χ2n) is 5.67. The van der Waals surface area contributed by atoms with Crippen LogP contribution in [-0.2, 0) is 19.9 Å². The van der Waals surface area contributed by atoms with E-state index in [1.807, 2.05) is 0 Å². The van der Waals surface area contributed by atoms with E-state index in [-0.39, 0.29) is 9.92 Å². The van der Waals surface area contributed by atoms with Crippen LogP contribution in [0.15, 0.2) is 70.6 Å². The van der Waals surface area contributed by atoms with Crippen LogP contribution < -0.4 is 4.72 Å². The van der Waals surface area contributed by atoms with E-state index in [1.54, 1.807) is 24.3 Å². The van der Waals surface area contributed by atoms with Gasteiger partial charge in [-0.05, 0) is 48.5 Å². The Labute approximate surface area is 162 Å². The van der Waals surface area contributed by atoms with Gasteiger partial charge < -0.3 is 0 Å². The number of hydrogen-bond donors (Lipinski definition) is 1. The summed E-state index contributed by atoms with van der Waals surface area (Å²) in [6, 6.07) is 15.2. The molecule has 1 heterocycles. The highest BCUT2D eigenvalue weighted by atomic mass is 35.5. The Kier molecular flexibility index (Phi) is 5.18. The van der Waals surface area contributed by atoms with Crippen LogP contribution in [-0.4, -0.2) is 33.3 Å². The van der Waals surface area contributed by atoms with E-state index < -0.39 is 19.9 Å². The summed E-state index contributed by atoms with van der Waals surface area (Å²) in [5.41, 5.74) is 1.50. The van der Waals surface area contributed by atoms with E-state index in [0.717, 1.165) is 6.26 Å². The Morgan fingerprint density at radius 2 is 1.44 bits per heavy atom. The van der Waals surface area contributed by atoms with Crippen molar-refractivity contribution in [3.63, 3.8) is 0 Å². The third-order valence-electron chi connectivity index (χ3n) is 3.58. The van der Waals surface area contributed by atoms with Crippen LogP contribution in [0.2, 0.25) is 5.02 Å². The first-order valence-electron chi connectivity index (χ1n) is 7.58. The van der Waals surface area contributed by atoms with Gasteiger partial charge in [0.05, 0.1) is 10.6 Å². The van der Waals surface area contributed by atoms with Gasteiger partial charge in [0.25, 0.3) is 10.0 Å². The average molecular weight is 424 g/mol. The Morgan fingerprint density at radius 3 is 1.96 bits per heavy atom. The van der Waals surface area contributed by atoms with Gasteiger partial charge in [-0.25, -0.2) is 16.8 Å². The lowest BCUT2D eigenvalue weighted by molar-refractivity contribution is 0.595. The number of anilines is 1. The highest BCUT2D eigenvalue weighted by molar-refractivity contribution is 7.92. The zero-order valence-corrected chi connectivity index (χ0v) is 16.4. The van der Waals surface area contributed by atoms with Gasteiger partial charge in [0.15, 0.2) is 14.9 Å². The minimum absolute atomic E-state index is 0.0956. The van der Waals surface area contributed by atoms with Gasteiger partial charge in [-0.2, -0.15) is 0 Å². The van der Waals surface area contributed by atoms with E-state index in [9.17, 15) is 16.8 Å². The lowest BCUT2D eigenvalue weighted by atomic mass is 10.1. The van der Waals surface area contributed by atoms with Crippen LogP contribution in [0.1, 0.15) is 0 Å². The van der Waals surface area contributed by atoms with Crippen molar-refractivity contribution < 1.29 is 16.8 Å². The number of aromatic nitrogens is 2. The largest absolute Gasteiger partial charge is 0.280 e. The average Bonchev–Trinajstić information content (AvgIpc) is 2.62. The summed E-state index contributed by atoms with van der Waals surface area (Å²) in [6.45, 7) is 0. The van der Waals surface area contributed by atoms with Gasteiger partial charge in [0.2, 0.25) is 0 Å². The van der Waals surface area contributed by atoms with E-state index in [1.165, 1.54) is 36.4 Å². The van der Waals surface area contributed by atoms with Crippen LogP contribution in [0.4, 0.5) is 5.69 Å². The Hall–Kier alpha value is -2.49. The molecule has 0 fully saturated rings. The Bertz CT molecular complexity index is 1160. The topological polar surface area (TPSA) is 106 Å². The number of nitrogens with one attached hydrogen (secondary N) is 1. The summed E-state index contributed by atoms with van der Waals surface area (Å²) in [4.78, 5) is 0.0956. The number of rotatable bonds is 5. The van der Waals surface area contributed by atoms with E-state index >= 15 is 0 Å².